The van der Waals surface area contributed by atoms with Crippen molar-refractivity contribution in [3.63, 3.8) is 0 Å². The molecule has 0 bridgehead atoms. The van der Waals surface area contributed by atoms with Crippen molar-refractivity contribution >= 4 is 77.8 Å². The van der Waals surface area contributed by atoms with Gasteiger partial charge in [0.1, 0.15) is 0 Å². The number of rotatable bonds is 6. The van der Waals surface area contributed by atoms with Gasteiger partial charge in [-0.25, -0.2) is 0 Å². The third kappa shape index (κ3) is 4.68. The standard InChI is InChI=1S/C44H38N4/c1-27-13-21-37(29(3)25-27)47(41-11-7-5-9-35(41)45)39-23-17-31-16-20-34-40(24-18-32-15-19-33(39)43(31)44(32)34)48(42-12-8-6-10-36(42)46)38-22-14-28(2)26-30(38)4/h5-26H,45-46H2,1-4H3. The van der Waals surface area contributed by atoms with Crippen LogP contribution in [0.15, 0.2) is 133 Å². The van der Waals surface area contributed by atoms with Crippen LogP contribution in [0.1, 0.15) is 22.3 Å². The predicted octanol–water partition coefficient (Wildman–Crippen LogP) is 11.9. The Morgan fingerprint density at radius 2 is 0.750 bits per heavy atom. The summed E-state index contributed by atoms with van der Waals surface area (Å²) in [5.74, 6) is 0. The zero-order valence-corrected chi connectivity index (χ0v) is 27.8. The molecule has 8 aromatic carbocycles. The summed E-state index contributed by atoms with van der Waals surface area (Å²) < 4.78 is 0. The molecule has 8 aromatic rings. The molecule has 0 unspecified atom stereocenters. The number of aryl methyl sites for hydroxylation is 4. The fourth-order valence-electron chi connectivity index (χ4n) is 7.43. The van der Waals surface area contributed by atoms with Gasteiger partial charge >= 0.3 is 0 Å². The van der Waals surface area contributed by atoms with Gasteiger partial charge in [-0.2, -0.15) is 0 Å². The molecule has 0 fully saturated rings. The van der Waals surface area contributed by atoms with Crippen LogP contribution in [0.2, 0.25) is 0 Å². The fraction of sp³-hybridized carbons (Fsp3) is 0.0909. The largest absolute Gasteiger partial charge is 0.397 e. The molecule has 4 heteroatoms. The van der Waals surface area contributed by atoms with Crippen molar-refractivity contribution in [3.05, 3.63) is 156 Å². The molecule has 0 saturated heterocycles. The van der Waals surface area contributed by atoms with E-state index < -0.39 is 0 Å². The Balaban J connectivity index is 1.44. The number of benzene rings is 8. The number of nitrogen functional groups attached to an aromatic ring is 2. The van der Waals surface area contributed by atoms with E-state index in [4.69, 9.17) is 11.5 Å². The van der Waals surface area contributed by atoms with E-state index in [1.54, 1.807) is 0 Å². The Bertz CT molecular complexity index is 2320. The lowest BCUT2D eigenvalue weighted by Gasteiger charge is -2.31. The van der Waals surface area contributed by atoms with Gasteiger partial charge in [0.15, 0.2) is 0 Å². The number of anilines is 8. The van der Waals surface area contributed by atoms with Crippen molar-refractivity contribution in [3.8, 4) is 0 Å². The molecule has 4 N–H and O–H groups in total. The quantitative estimate of drug-likeness (QED) is 0.143. The average Bonchev–Trinajstić information content (AvgIpc) is 3.08. The number of nitrogens with zero attached hydrogens (tertiary/aromatic N) is 2. The Kier molecular flexibility index (Phi) is 6.96. The van der Waals surface area contributed by atoms with E-state index in [9.17, 15) is 0 Å². The third-order valence-corrected chi connectivity index (χ3v) is 9.64. The molecule has 0 radical (unpaired) electrons. The first-order valence-corrected chi connectivity index (χ1v) is 16.4. The van der Waals surface area contributed by atoms with Gasteiger partial charge in [0.25, 0.3) is 0 Å². The van der Waals surface area contributed by atoms with Gasteiger partial charge in [-0.3, -0.25) is 0 Å². The molecule has 0 aliphatic rings. The molecule has 0 heterocycles. The first-order valence-electron chi connectivity index (χ1n) is 16.4. The molecule has 0 saturated carbocycles. The first kappa shape index (κ1) is 29.4. The van der Waals surface area contributed by atoms with Gasteiger partial charge < -0.3 is 21.3 Å². The van der Waals surface area contributed by atoms with Crippen LogP contribution >= 0.6 is 0 Å². The SMILES string of the molecule is Cc1ccc(N(c2ccccc2N)c2ccc3ccc4c(N(c5ccc(C)cc5C)c5ccccc5N)ccc5ccc2c3c54)c(C)c1. The maximum Gasteiger partial charge on any atom is 0.0691 e. The highest BCUT2D eigenvalue weighted by Gasteiger charge is 2.24. The Labute approximate surface area is 281 Å². The summed E-state index contributed by atoms with van der Waals surface area (Å²) in [7, 11) is 0. The molecule has 0 aliphatic heterocycles. The van der Waals surface area contributed by atoms with E-state index in [1.165, 1.54) is 54.6 Å². The van der Waals surface area contributed by atoms with Gasteiger partial charge in [0, 0.05) is 22.1 Å². The average molecular weight is 623 g/mol. The van der Waals surface area contributed by atoms with Gasteiger partial charge in [-0.1, -0.05) is 96.1 Å². The molecule has 0 atom stereocenters. The summed E-state index contributed by atoms with van der Waals surface area (Å²) in [4.78, 5) is 4.65. The van der Waals surface area contributed by atoms with Crippen LogP contribution in [0.5, 0.6) is 0 Å². The molecule has 0 aromatic heterocycles. The van der Waals surface area contributed by atoms with Crippen molar-refractivity contribution < 1.29 is 0 Å². The molecule has 234 valence electrons. The maximum absolute atomic E-state index is 6.70. The topological polar surface area (TPSA) is 58.5 Å². The fourth-order valence-corrected chi connectivity index (χ4v) is 7.43. The minimum Gasteiger partial charge on any atom is -0.397 e. The second-order valence-corrected chi connectivity index (χ2v) is 13.0. The van der Waals surface area contributed by atoms with Crippen LogP contribution in [-0.4, -0.2) is 0 Å². The number of nitrogens with two attached hydrogens (primary N) is 2. The zero-order valence-electron chi connectivity index (χ0n) is 27.8. The highest BCUT2D eigenvalue weighted by molar-refractivity contribution is 6.28. The van der Waals surface area contributed by atoms with Crippen LogP contribution in [-0.2, 0) is 0 Å². The second-order valence-electron chi connectivity index (χ2n) is 13.0. The van der Waals surface area contributed by atoms with Gasteiger partial charge in [0.05, 0.1) is 34.1 Å². The van der Waals surface area contributed by atoms with Crippen molar-refractivity contribution in [1.29, 1.82) is 0 Å². The molecule has 4 nitrogen and oxygen atoms in total. The monoisotopic (exact) mass is 622 g/mol. The van der Waals surface area contributed by atoms with Crippen molar-refractivity contribution in [2.45, 2.75) is 27.7 Å². The first-order chi connectivity index (χ1) is 23.3. The van der Waals surface area contributed by atoms with E-state index in [1.807, 2.05) is 24.3 Å². The summed E-state index contributed by atoms with van der Waals surface area (Å²) in [5, 5.41) is 7.20. The minimum absolute atomic E-state index is 0.731. The Morgan fingerprint density at radius 1 is 0.375 bits per heavy atom. The minimum atomic E-state index is 0.731. The Morgan fingerprint density at radius 3 is 1.15 bits per heavy atom. The lowest BCUT2D eigenvalue weighted by atomic mass is 9.91. The summed E-state index contributed by atoms with van der Waals surface area (Å²) in [6, 6.07) is 47.5. The van der Waals surface area contributed by atoms with Gasteiger partial charge in [-0.05, 0) is 109 Å². The summed E-state index contributed by atoms with van der Waals surface area (Å²) >= 11 is 0. The highest BCUT2D eigenvalue weighted by atomic mass is 15.2. The van der Waals surface area contributed by atoms with E-state index in [0.29, 0.717) is 0 Å². The van der Waals surface area contributed by atoms with Crippen LogP contribution in [0.4, 0.5) is 45.5 Å². The third-order valence-electron chi connectivity index (χ3n) is 9.64. The predicted molar refractivity (Wildman–Crippen MR) is 207 cm³/mol. The van der Waals surface area contributed by atoms with E-state index >= 15 is 0 Å². The smallest absolute Gasteiger partial charge is 0.0691 e. The van der Waals surface area contributed by atoms with Crippen LogP contribution in [0, 0.1) is 27.7 Å². The highest BCUT2D eigenvalue weighted by Crippen LogP contribution is 2.49. The van der Waals surface area contributed by atoms with Crippen molar-refractivity contribution in [2.75, 3.05) is 21.3 Å². The van der Waals surface area contributed by atoms with Gasteiger partial charge in [-0.15, -0.1) is 0 Å². The number of para-hydroxylation sites is 4. The van der Waals surface area contributed by atoms with Crippen molar-refractivity contribution in [1.82, 2.24) is 0 Å². The second kappa shape index (κ2) is 11.4. The van der Waals surface area contributed by atoms with E-state index in [0.717, 1.165) is 45.5 Å². The maximum atomic E-state index is 6.70. The summed E-state index contributed by atoms with van der Waals surface area (Å²) in [6.45, 7) is 8.62. The van der Waals surface area contributed by atoms with E-state index in [2.05, 4.69) is 147 Å². The molecule has 0 amide bonds. The Hall–Kier alpha value is -6.00. The number of hydrogen-bond donors (Lipinski definition) is 2. The van der Waals surface area contributed by atoms with Crippen LogP contribution < -0.4 is 21.3 Å². The molecule has 0 aliphatic carbocycles. The lowest BCUT2D eigenvalue weighted by molar-refractivity contribution is 1.25. The number of hydrogen-bond acceptors (Lipinski definition) is 4. The van der Waals surface area contributed by atoms with Crippen LogP contribution in [0.25, 0.3) is 32.3 Å². The lowest BCUT2D eigenvalue weighted by Crippen LogP contribution is -2.14. The molecule has 0 spiro atoms. The van der Waals surface area contributed by atoms with Crippen LogP contribution in [0.3, 0.4) is 0 Å². The normalized spacial score (nSPS) is 11.5. The molecular weight excluding hydrogens is 585 g/mol. The molecule has 48 heavy (non-hydrogen) atoms. The van der Waals surface area contributed by atoms with Gasteiger partial charge in [0.2, 0.25) is 0 Å². The van der Waals surface area contributed by atoms with E-state index in [-0.39, 0.29) is 0 Å². The summed E-state index contributed by atoms with van der Waals surface area (Å²) in [5.41, 5.74) is 26.0. The summed E-state index contributed by atoms with van der Waals surface area (Å²) in [6.07, 6.45) is 0. The zero-order chi connectivity index (χ0) is 33.1. The molecule has 8 rings (SSSR count). The molecular formula is C44H38N4. The van der Waals surface area contributed by atoms with Crippen molar-refractivity contribution in [2.24, 2.45) is 0 Å².